The van der Waals surface area contributed by atoms with E-state index in [4.69, 9.17) is 0 Å². The molecule has 0 aliphatic rings. The van der Waals surface area contributed by atoms with E-state index >= 15 is 0 Å². The van der Waals surface area contributed by atoms with Gasteiger partial charge in [0.05, 0.1) is 12.2 Å². The monoisotopic (exact) mass is 215 g/mol. The molecule has 0 amide bonds. The smallest absolute Gasteiger partial charge is 0.0572 e. The van der Waals surface area contributed by atoms with Crippen LogP contribution in [0, 0.1) is 0 Å². The molecule has 0 bridgehead atoms. The largest absolute Gasteiger partial charge is 0.354 e. The van der Waals surface area contributed by atoms with Gasteiger partial charge in [-0.15, -0.1) is 0 Å². The Balaban J connectivity index is 2.04. The predicted octanol–water partition coefficient (Wildman–Crippen LogP) is 2.15. The molecule has 0 saturated heterocycles. The second kappa shape index (κ2) is 4.94. The Hall–Kier alpha value is -1.61. The van der Waals surface area contributed by atoms with E-state index in [1.807, 2.05) is 18.3 Å². The van der Waals surface area contributed by atoms with E-state index in [0.29, 0.717) is 0 Å². The van der Waals surface area contributed by atoms with Gasteiger partial charge < -0.3 is 9.88 Å². The lowest BCUT2D eigenvalue weighted by molar-refractivity contribution is 0.421. The third-order valence-corrected chi connectivity index (χ3v) is 2.46. The van der Waals surface area contributed by atoms with Crippen LogP contribution in [0.4, 0.5) is 0 Å². The van der Waals surface area contributed by atoms with Crippen LogP contribution >= 0.6 is 0 Å². The lowest BCUT2D eigenvalue weighted by Gasteiger charge is -2.04. The number of likely N-dealkylation sites (N-methyl/N-ethyl adjacent to an activating group) is 1. The fourth-order valence-electron chi connectivity index (χ4n) is 1.59. The van der Waals surface area contributed by atoms with Crippen LogP contribution in [0.15, 0.2) is 35.3 Å². The summed E-state index contributed by atoms with van der Waals surface area (Å²) in [5, 5.41) is 1.23. The van der Waals surface area contributed by atoms with Gasteiger partial charge in [0.25, 0.3) is 0 Å². The number of benzene rings is 1. The number of hydrogen-bond donors (Lipinski definition) is 1. The second-order valence-electron chi connectivity index (χ2n) is 4.15. The van der Waals surface area contributed by atoms with Gasteiger partial charge in [-0.25, -0.2) is 0 Å². The van der Waals surface area contributed by atoms with E-state index in [2.05, 4.69) is 47.2 Å². The summed E-state index contributed by atoms with van der Waals surface area (Å²) in [7, 11) is 4.11. The highest BCUT2D eigenvalue weighted by atomic mass is 15.1. The van der Waals surface area contributed by atoms with Crippen LogP contribution in [-0.4, -0.2) is 43.3 Å². The standard InChI is InChI=1S/C13H17N3/c1-16(2)8-7-14-10-12-9-11-5-3-4-6-13(11)15-12/h3-6,9-10,15H,7-8H2,1-2H3/b14-10-. The lowest BCUT2D eigenvalue weighted by atomic mass is 10.2. The van der Waals surface area contributed by atoms with Crippen molar-refractivity contribution in [3.63, 3.8) is 0 Å². The van der Waals surface area contributed by atoms with Gasteiger partial charge in [0.2, 0.25) is 0 Å². The molecule has 16 heavy (non-hydrogen) atoms. The summed E-state index contributed by atoms with van der Waals surface area (Å²) >= 11 is 0. The van der Waals surface area contributed by atoms with Gasteiger partial charge in [-0.2, -0.15) is 0 Å². The molecule has 1 aromatic heterocycles. The van der Waals surface area contributed by atoms with E-state index in [9.17, 15) is 0 Å². The molecule has 1 aromatic carbocycles. The minimum atomic E-state index is 0.836. The van der Waals surface area contributed by atoms with Gasteiger partial charge in [0, 0.05) is 23.7 Å². The van der Waals surface area contributed by atoms with Crippen LogP contribution in [0.2, 0.25) is 0 Å². The van der Waals surface area contributed by atoms with Gasteiger partial charge in [0.15, 0.2) is 0 Å². The number of aromatic nitrogens is 1. The summed E-state index contributed by atoms with van der Waals surface area (Å²) < 4.78 is 0. The normalized spacial score (nSPS) is 11.9. The van der Waals surface area contributed by atoms with Gasteiger partial charge >= 0.3 is 0 Å². The summed E-state index contributed by atoms with van der Waals surface area (Å²) in [5.41, 5.74) is 2.23. The fourth-order valence-corrected chi connectivity index (χ4v) is 1.59. The van der Waals surface area contributed by atoms with Crippen LogP contribution in [-0.2, 0) is 0 Å². The maximum Gasteiger partial charge on any atom is 0.0572 e. The SMILES string of the molecule is CN(C)CC/N=C\c1cc2ccccc2[nH]1. The number of hydrogen-bond acceptors (Lipinski definition) is 2. The van der Waals surface area contributed by atoms with E-state index in [1.165, 1.54) is 5.39 Å². The average molecular weight is 215 g/mol. The number of fused-ring (bicyclic) bond motifs is 1. The van der Waals surface area contributed by atoms with Gasteiger partial charge in [-0.1, -0.05) is 18.2 Å². The molecule has 1 heterocycles. The topological polar surface area (TPSA) is 31.4 Å². The van der Waals surface area contributed by atoms with Gasteiger partial charge in [-0.05, 0) is 26.2 Å². The fraction of sp³-hybridized carbons (Fsp3) is 0.308. The first-order valence-corrected chi connectivity index (χ1v) is 5.48. The maximum atomic E-state index is 4.38. The Labute approximate surface area is 95.8 Å². The minimum Gasteiger partial charge on any atom is -0.354 e. The molecule has 0 radical (unpaired) electrons. The molecule has 84 valence electrons. The lowest BCUT2D eigenvalue weighted by Crippen LogP contribution is -2.15. The number of para-hydroxylation sites is 1. The molecular weight excluding hydrogens is 198 g/mol. The number of H-pyrrole nitrogens is 1. The van der Waals surface area contributed by atoms with Crippen molar-refractivity contribution in [2.75, 3.05) is 27.2 Å². The Morgan fingerprint density at radius 3 is 2.88 bits per heavy atom. The molecule has 0 spiro atoms. The van der Waals surface area contributed by atoms with E-state index in [1.54, 1.807) is 0 Å². The summed E-state index contributed by atoms with van der Waals surface area (Å²) in [6.45, 7) is 1.82. The van der Waals surface area contributed by atoms with Crippen LogP contribution in [0.3, 0.4) is 0 Å². The second-order valence-corrected chi connectivity index (χ2v) is 4.15. The van der Waals surface area contributed by atoms with E-state index in [0.717, 1.165) is 24.3 Å². The first kappa shape index (κ1) is 10.9. The molecule has 0 aliphatic heterocycles. The Bertz CT molecular complexity index is 450. The number of nitrogens with zero attached hydrogens (tertiary/aromatic N) is 2. The highest BCUT2D eigenvalue weighted by molar-refractivity contribution is 5.89. The first-order valence-electron chi connectivity index (χ1n) is 5.48. The van der Waals surface area contributed by atoms with Crippen molar-refractivity contribution in [2.24, 2.45) is 4.99 Å². The van der Waals surface area contributed by atoms with E-state index in [-0.39, 0.29) is 0 Å². The molecule has 0 atom stereocenters. The summed E-state index contributed by atoms with van der Waals surface area (Å²) in [5.74, 6) is 0. The maximum absolute atomic E-state index is 4.38. The Kier molecular flexibility index (Phi) is 3.37. The van der Waals surface area contributed by atoms with Crippen molar-refractivity contribution < 1.29 is 0 Å². The molecule has 0 unspecified atom stereocenters. The third kappa shape index (κ3) is 2.70. The Morgan fingerprint density at radius 1 is 1.31 bits per heavy atom. The van der Waals surface area contributed by atoms with Crippen molar-refractivity contribution in [1.82, 2.24) is 9.88 Å². The minimum absolute atomic E-state index is 0.836. The van der Waals surface area contributed by atoms with Gasteiger partial charge in [-0.3, -0.25) is 4.99 Å². The quantitative estimate of drug-likeness (QED) is 0.778. The van der Waals surface area contributed by atoms with Crippen molar-refractivity contribution in [2.45, 2.75) is 0 Å². The summed E-state index contributed by atoms with van der Waals surface area (Å²) in [6, 6.07) is 10.4. The molecule has 3 nitrogen and oxygen atoms in total. The zero-order valence-corrected chi connectivity index (χ0v) is 9.77. The first-order chi connectivity index (χ1) is 7.75. The molecule has 0 aliphatic carbocycles. The predicted molar refractivity (Wildman–Crippen MR) is 69.3 cm³/mol. The Morgan fingerprint density at radius 2 is 2.12 bits per heavy atom. The molecule has 1 N–H and O–H groups in total. The van der Waals surface area contributed by atoms with Crippen LogP contribution < -0.4 is 0 Å². The molecule has 0 fully saturated rings. The molecule has 0 saturated carbocycles. The van der Waals surface area contributed by atoms with Crippen LogP contribution in [0.1, 0.15) is 5.69 Å². The third-order valence-electron chi connectivity index (χ3n) is 2.46. The molecular formula is C13H17N3. The van der Waals surface area contributed by atoms with Crippen LogP contribution in [0.5, 0.6) is 0 Å². The van der Waals surface area contributed by atoms with Gasteiger partial charge in [0.1, 0.15) is 0 Å². The highest BCUT2D eigenvalue weighted by Crippen LogP contribution is 2.13. The number of rotatable bonds is 4. The average Bonchev–Trinajstić information content (AvgIpc) is 2.66. The number of nitrogens with one attached hydrogen (secondary N) is 1. The van der Waals surface area contributed by atoms with E-state index < -0.39 is 0 Å². The molecule has 2 aromatic rings. The summed E-state index contributed by atoms with van der Waals surface area (Å²) in [6.07, 6.45) is 1.91. The number of aromatic amines is 1. The zero-order chi connectivity index (χ0) is 11.4. The molecule has 3 heteroatoms. The summed E-state index contributed by atoms with van der Waals surface area (Å²) in [4.78, 5) is 9.83. The highest BCUT2D eigenvalue weighted by Gasteiger charge is 1.96. The van der Waals surface area contributed by atoms with Crippen molar-refractivity contribution in [1.29, 1.82) is 0 Å². The van der Waals surface area contributed by atoms with Crippen LogP contribution in [0.25, 0.3) is 10.9 Å². The van der Waals surface area contributed by atoms with Crippen molar-refractivity contribution in [3.05, 3.63) is 36.0 Å². The number of aliphatic imine (C=N–C) groups is 1. The zero-order valence-electron chi connectivity index (χ0n) is 9.77. The van der Waals surface area contributed by atoms with Crippen molar-refractivity contribution in [3.8, 4) is 0 Å². The molecule has 2 rings (SSSR count). The van der Waals surface area contributed by atoms with Crippen molar-refractivity contribution >= 4 is 17.1 Å².